The van der Waals surface area contributed by atoms with E-state index >= 15 is 0 Å². The van der Waals surface area contributed by atoms with Gasteiger partial charge in [0.2, 0.25) is 0 Å². The minimum atomic E-state index is -0.815. The van der Waals surface area contributed by atoms with Crippen molar-refractivity contribution in [3.05, 3.63) is 0 Å². The molecule has 0 spiro atoms. The molecule has 6 atom stereocenters. The zero-order valence-corrected chi connectivity index (χ0v) is 15.1. The smallest absolute Gasteiger partial charge is 0.303 e. The summed E-state index contributed by atoms with van der Waals surface area (Å²) < 4.78 is 0. The van der Waals surface area contributed by atoms with Gasteiger partial charge in [-0.05, 0) is 68.6 Å². The number of carboxylic acids is 1. The number of fused-ring (bicyclic) bond motifs is 3. The van der Waals surface area contributed by atoms with Crippen molar-refractivity contribution in [2.24, 2.45) is 34.5 Å². The van der Waals surface area contributed by atoms with Crippen molar-refractivity contribution in [3.63, 3.8) is 0 Å². The zero-order chi connectivity index (χ0) is 17.7. The highest BCUT2D eigenvalue weighted by Crippen LogP contribution is 2.64. The van der Waals surface area contributed by atoms with Crippen LogP contribution in [-0.2, 0) is 14.4 Å². The summed E-state index contributed by atoms with van der Waals surface area (Å²) in [6.45, 7) is 6.03. The third-order valence-electron chi connectivity index (χ3n) is 7.95. The Hall–Kier alpha value is -1.19. The van der Waals surface area contributed by atoms with Crippen molar-refractivity contribution >= 4 is 17.5 Å². The molecule has 0 aromatic carbocycles. The molecule has 134 valence electrons. The molecular weight excluding hydrogens is 304 g/mol. The van der Waals surface area contributed by atoms with Gasteiger partial charge in [-0.15, -0.1) is 0 Å². The van der Waals surface area contributed by atoms with Crippen molar-refractivity contribution in [2.45, 2.75) is 72.1 Å². The molecule has 3 saturated carbocycles. The van der Waals surface area contributed by atoms with Crippen LogP contribution in [0.15, 0.2) is 0 Å². The van der Waals surface area contributed by atoms with Gasteiger partial charge in [-0.25, -0.2) is 0 Å². The highest BCUT2D eigenvalue weighted by Gasteiger charge is 2.60. The molecule has 3 rings (SSSR count). The maximum absolute atomic E-state index is 12.7. The summed E-state index contributed by atoms with van der Waals surface area (Å²) in [6.07, 6.45) is 6.07. The molecule has 0 heterocycles. The number of Topliss-reactive ketones (excluding diaryl/α,β-unsaturated/α-hetero) is 2. The van der Waals surface area contributed by atoms with E-state index in [0.717, 1.165) is 32.1 Å². The number of carbonyl (C=O) groups is 3. The van der Waals surface area contributed by atoms with Crippen LogP contribution in [-0.4, -0.2) is 22.6 Å². The van der Waals surface area contributed by atoms with E-state index in [1.54, 1.807) is 6.92 Å². The zero-order valence-electron chi connectivity index (χ0n) is 15.1. The summed E-state index contributed by atoms with van der Waals surface area (Å²) in [4.78, 5) is 35.8. The van der Waals surface area contributed by atoms with Crippen molar-refractivity contribution in [3.8, 4) is 0 Å². The molecule has 24 heavy (non-hydrogen) atoms. The molecule has 4 heteroatoms. The Labute approximate surface area is 144 Å². The lowest BCUT2D eigenvalue weighted by molar-refractivity contribution is -0.149. The van der Waals surface area contributed by atoms with Gasteiger partial charge in [0.25, 0.3) is 0 Å². The molecule has 0 bridgehead atoms. The number of aliphatic carboxylic acids is 1. The first kappa shape index (κ1) is 17.6. The largest absolute Gasteiger partial charge is 0.481 e. The van der Waals surface area contributed by atoms with Crippen LogP contribution in [0.1, 0.15) is 72.1 Å². The summed E-state index contributed by atoms with van der Waals surface area (Å²) in [5.74, 6) is 1.22. The minimum absolute atomic E-state index is 0.0729. The molecule has 3 unspecified atom stereocenters. The normalized spacial score (nSPS) is 44.7. The second kappa shape index (κ2) is 5.96. The van der Waals surface area contributed by atoms with Gasteiger partial charge in [0.1, 0.15) is 11.6 Å². The molecular formula is C20H30O4. The number of carboxylic acid groups (broad SMARTS) is 1. The van der Waals surface area contributed by atoms with Crippen molar-refractivity contribution in [1.29, 1.82) is 0 Å². The SMILES string of the molecule is CC(=O)[C@H]1CCC2C3CCC(=O)[C@](C)(CCC(=O)O)C3CC[C@@]21C. The predicted octanol–water partition coefficient (Wildman–Crippen LogP) is 3.87. The summed E-state index contributed by atoms with van der Waals surface area (Å²) in [5, 5.41) is 9.08. The van der Waals surface area contributed by atoms with Gasteiger partial charge in [-0.2, -0.15) is 0 Å². The molecule has 3 aliphatic rings. The number of ketones is 2. The van der Waals surface area contributed by atoms with Crippen LogP contribution in [0.5, 0.6) is 0 Å². The van der Waals surface area contributed by atoms with Crippen LogP contribution in [0, 0.1) is 34.5 Å². The fraction of sp³-hybridized carbons (Fsp3) is 0.850. The van der Waals surface area contributed by atoms with Gasteiger partial charge in [0, 0.05) is 24.2 Å². The molecule has 0 radical (unpaired) electrons. The molecule has 0 amide bonds. The molecule has 0 aromatic heterocycles. The van der Waals surface area contributed by atoms with Crippen LogP contribution >= 0.6 is 0 Å². The number of carbonyl (C=O) groups excluding carboxylic acids is 2. The Morgan fingerprint density at radius 2 is 1.83 bits per heavy atom. The molecule has 1 N–H and O–H groups in total. The number of hydrogen-bond donors (Lipinski definition) is 1. The summed E-state index contributed by atoms with van der Waals surface area (Å²) >= 11 is 0. The topological polar surface area (TPSA) is 71.4 Å². The second-order valence-electron chi connectivity index (χ2n) is 8.93. The fourth-order valence-electron chi connectivity index (χ4n) is 6.63. The maximum Gasteiger partial charge on any atom is 0.303 e. The van der Waals surface area contributed by atoms with E-state index in [2.05, 4.69) is 6.92 Å². The fourth-order valence-corrected chi connectivity index (χ4v) is 6.63. The lowest BCUT2D eigenvalue weighted by atomic mass is 9.48. The number of hydrogen-bond acceptors (Lipinski definition) is 3. The van der Waals surface area contributed by atoms with E-state index < -0.39 is 11.4 Å². The van der Waals surface area contributed by atoms with E-state index in [1.807, 2.05) is 6.92 Å². The lowest BCUT2D eigenvalue weighted by Gasteiger charge is -2.55. The Balaban J connectivity index is 1.87. The Kier molecular flexibility index (Phi) is 4.38. The maximum atomic E-state index is 12.7. The van der Waals surface area contributed by atoms with Gasteiger partial charge in [-0.1, -0.05) is 13.8 Å². The summed E-state index contributed by atoms with van der Waals surface area (Å²) in [6, 6.07) is 0. The molecule has 0 aromatic rings. The highest BCUT2D eigenvalue weighted by molar-refractivity contribution is 5.86. The molecule has 0 aliphatic heterocycles. The third-order valence-corrected chi connectivity index (χ3v) is 7.95. The average Bonchev–Trinajstić information content (AvgIpc) is 2.86. The summed E-state index contributed by atoms with van der Waals surface area (Å²) in [5.41, 5.74) is -0.405. The van der Waals surface area contributed by atoms with E-state index in [1.165, 1.54) is 0 Å². The van der Waals surface area contributed by atoms with Crippen LogP contribution in [0.4, 0.5) is 0 Å². The van der Waals surface area contributed by atoms with Crippen molar-refractivity contribution in [1.82, 2.24) is 0 Å². The minimum Gasteiger partial charge on any atom is -0.481 e. The van der Waals surface area contributed by atoms with Crippen LogP contribution in [0.2, 0.25) is 0 Å². The van der Waals surface area contributed by atoms with Gasteiger partial charge >= 0.3 is 5.97 Å². The van der Waals surface area contributed by atoms with Crippen LogP contribution < -0.4 is 0 Å². The van der Waals surface area contributed by atoms with E-state index in [0.29, 0.717) is 36.4 Å². The van der Waals surface area contributed by atoms with Crippen molar-refractivity contribution < 1.29 is 19.5 Å². The molecule has 3 aliphatic carbocycles. The van der Waals surface area contributed by atoms with Gasteiger partial charge in [-0.3, -0.25) is 14.4 Å². The standard InChI is InChI=1S/C20H30O4/c1-12(21)14-5-6-15-13-4-7-17(22)20(3,11-9-18(23)24)16(13)8-10-19(14,15)2/h13-16H,4-11H2,1-3H3,(H,23,24)/t13?,14-,15?,16?,19-,20-/m1/s1. The second-order valence-corrected chi connectivity index (χ2v) is 8.93. The average molecular weight is 334 g/mol. The third kappa shape index (κ3) is 2.53. The molecule has 0 saturated heterocycles. The Morgan fingerprint density at radius 3 is 2.46 bits per heavy atom. The first-order valence-corrected chi connectivity index (χ1v) is 9.45. The van der Waals surface area contributed by atoms with E-state index in [9.17, 15) is 14.4 Å². The number of rotatable bonds is 4. The lowest BCUT2D eigenvalue weighted by Crippen LogP contribution is -2.52. The van der Waals surface area contributed by atoms with Crippen molar-refractivity contribution in [2.75, 3.05) is 0 Å². The molecule has 3 fully saturated rings. The monoisotopic (exact) mass is 334 g/mol. The Morgan fingerprint density at radius 1 is 1.12 bits per heavy atom. The van der Waals surface area contributed by atoms with Gasteiger partial charge in [0.05, 0.1) is 0 Å². The van der Waals surface area contributed by atoms with E-state index in [-0.39, 0.29) is 23.5 Å². The molecule has 4 nitrogen and oxygen atoms in total. The Bertz CT molecular complexity index is 568. The first-order chi connectivity index (χ1) is 11.2. The highest BCUT2D eigenvalue weighted by atomic mass is 16.4. The van der Waals surface area contributed by atoms with E-state index in [4.69, 9.17) is 5.11 Å². The first-order valence-electron chi connectivity index (χ1n) is 9.45. The summed E-state index contributed by atoms with van der Waals surface area (Å²) in [7, 11) is 0. The predicted molar refractivity (Wildman–Crippen MR) is 90.4 cm³/mol. The quantitative estimate of drug-likeness (QED) is 0.847. The van der Waals surface area contributed by atoms with Crippen LogP contribution in [0.3, 0.4) is 0 Å². The van der Waals surface area contributed by atoms with Gasteiger partial charge in [0.15, 0.2) is 0 Å². The van der Waals surface area contributed by atoms with Crippen LogP contribution in [0.25, 0.3) is 0 Å². The van der Waals surface area contributed by atoms with Gasteiger partial charge < -0.3 is 5.11 Å².